The second-order valence-electron chi connectivity index (χ2n) is 4.03. The van der Waals surface area contributed by atoms with Crippen molar-refractivity contribution in [3.8, 4) is 0 Å². The van der Waals surface area contributed by atoms with Crippen molar-refractivity contribution in [2.75, 3.05) is 11.4 Å². The van der Waals surface area contributed by atoms with Crippen LogP contribution in [0.25, 0.3) is 0 Å². The first-order valence-electron chi connectivity index (χ1n) is 5.21. The van der Waals surface area contributed by atoms with Gasteiger partial charge in [0.25, 0.3) is 5.69 Å². The van der Waals surface area contributed by atoms with Crippen LogP contribution < -0.4 is 4.90 Å². The highest BCUT2D eigenvalue weighted by atomic mass is 19.1. The summed E-state index contributed by atoms with van der Waals surface area (Å²) in [7, 11) is 0. The number of non-ortho nitro benzene ring substituents is 1. The first-order valence-corrected chi connectivity index (χ1v) is 5.21. The molecular formula is C11H11FN2O3. The number of nitro groups is 1. The van der Waals surface area contributed by atoms with Crippen molar-refractivity contribution < 1.29 is 14.1 Å². The van der Waals surface area contributed by atoms with Gasteiger partial charge in [0.1, 0.15) is 6.17 Å². The second-order valence-corrected chi connectivity index (χ2v) is 4.03. The average Bonchev–Trinajstić information content (AvgIpc) is 2.54. The Morgan fingerprint density at radius 2 is 2.29 bits per heavy atom. The second kappa shape index (κ2) is 4.12. The van der Waals surface area contributed by atoms with E-state index in [4.69, 9.17) is 0 Å². The fraction of sp³-hybridized carbons (Fsp3) is 0.364. The molecule has 1 aliphatic heterocycles. The molecule has 1 heterocycles. The molecule has 0 saturated heterocycles. The minimum absolute atomic E-state index is 0.0103. The van der Waals surface area contributed by atoms with E-state index >= 15 is 0 Å². The van der Waals surface area contributed by atoms with Crippen LogP contribution in [0.1, 0.15) is 12.5 Å². The molecule has 0 radical (unpaired) electrons. The van der Waals surface area contributed by atoms with E-state index in [0.29, 0.717) is 11.3 Å². The first-order chi connectivity index (χ1) is 7.99. The summed E-state index contributed by atoms with van der Waals surface area (Å²) in [6.07, 6.45) is -1.02. The number of hydrogen-bond donors (Lipinski definition) is 0. The fourth-order valence-corrected chi connectivity index (χ4v) is 1.93. The monoisotopic (exact) mass is 238 g/mol. The third kappa shape index (κ3) is 2.11. The Bertz CT molecular complexity index is 488. The molecule has 0 fully saturated rings. The predicted molar refractivity (Wildman–Crippen MR) is 59.7 cm³/mol. The van der Waals surface area contributed by atoms with Gasteiger partial charge in [-0.05, 0) is 18.6 Å². The molecule has 0 aliphatic carbocycles. The smallest absolute Gasteiger partial charge is 0.269 e. The summed E-state index contributed by atoms with van der Waals surface area (Å²) >= 11 is 0. The Hall–Kier alpha value is -1.98. The van der Waals surface area contributed by atoms with E-state index < -0.39 is 11.1 Å². The maximum atomic E-state index is 12.9. The zero-order valence-electron chi connectivity index (χ0n) is 9.22. The molecule has 0 bridgehead atoms. The van der Waals surface area contributed by atoms with Gasteiger partial charge in [-0.1, -0.05) is 0 Å². The van der Waals surface area contributed by atoms with Crippen molar-refractivity contribution in [1.29, 1.82) is 0 Å². The van der Waals surface area contributed by atoms with Crippen LogP contribution in [-0.2, 0) is 11.2 Å². The number of amides is 1. The van der Waals surface area contributed by atoms with Crippen molar-refractivity contribution >= 4 is 17.3 Å². The SMILES string of the molecule is CC(F)CN1C(=O)Cc2cc([N+](=O)[O-])ccc21. The number of nitrogens with zero attached hydrogens (tertiary/aromatic N) is 2. The molecule has 5 nitrogen and oxygen atoms in total. The minimum Gasteiger partial charge on any atom is -0.309 e. The maximum Gasteiger partial charge on any atom is 0.269 e. The van der Waals surface area contributed by atoms with E-state index in [0.717, 1.165) is 0 Å². The average molecular weight is 238 g/mol. The van der Waals surface area contributed by atoms with E-state index in [2.05, 4.69) is 0 Å². The normalized spacial score (nSPS) is 15.9. The summed E-state index contributed by atoms with van der Waals surface area (Å²) in [5.41, 5.74) is 1.11. The quantitative estimate of drug-likeness (QED) is 0.596. The lowest BCUT2D eigenvalue weighted by atomic mass is 10.1. The van der Waals surface area contributed by atoms with E-state index in [1.807, 2.05) is 0 Å². The van der Waals surface area contributed by atoms with E-state index in [-0.39, 0.29) is 24.6 Å². The molecule has 1 atom stereocenters. The van der Waals surface area contributed by atoms with Crippen LogP contribution in [0.5, 0.6) is 0 Å². The highest BCUT2D eigenvalue weighted by Gasteiger charge is 2.29. The minimum atomic E-state index is -1.12. The topological polar surface area (TPSA) is 63.5 Å². The standard InChI is InChI=1S/C11H11FN2O3/c1-7(12)6-13-10-3-2-9(14(16)17)4-8(10)5-11(13)15/h2-4,7H,5-6H2,1H3. The van der Waals surface area contributed by atoms with Gasteiger partial charge in [0.15, 0.2) is 0 Å². The van der Waals surface area contributed by atoms with Gasteiger partial charge >= 0.3 is 0 Å². The van der Waals surface area contributed by atoms with Gasteiger partial charge in [-0.25, -0.2) is 4.39 Å². The van der Waals surface area contributed by atoms with Crippen LogP contribution in [0.4, 0.5) is 15.8 Å². The summed E-state index contributed by atoms with van der Waals surface area (Å²) in [6, 6.07) is 4.20. The van der Waals surface area contributed by atoms with Gasteiger partial charge in [-0.15, -0.1) is 0 Å². The van der Waals surface area contributed by atoms with Crippen molar-refractivity contribution in [3.05, 3.63) is 33.9 Å². The van der Waals surface area contributed by atoms with Crippen LogP contribution in [0.15, 0.2) is 18.2 Å². The van der Waals surface area contributed by atoms with E-state index in [9.17, 15) is 19.3 Å². The molecule has 1 aliphatic rings. The highest BCUT2D eigenvalue weighted by molar-refractivity contribution is 6.01. The highest BCUT2D eigenvalue weighted by Crippen LogP contribution is 2.32. The maximum absolute atomic E-state index is 12.9. The molecule has 1 aromatic rings. The summed E-state index contributed by atoms with van der Waals surface area (Å²) in [5.74, 6) is -0.218. The molecule has 0 aromatic heterocycles. The van der Waals surface area contributed by atoms with Crippen LogP contribution in [-0.4, -0.2) is 23.5 Å². The molecule has 0 saturated carbocycles. The van der Waals surface area contributed by atoms with Gasteiger partial charge < -0.3 is 4.90 Å². The van der Waals surface area contributed by atoms with Crippen LogP contribution in [0.3, 0.4) is 0 Å². The lowest BCUT2D eigenvalue weighted by molar-refractivity contribution is -0.384. The Morgan fingerprint density at radius 1 is 1.59 bits per heavy atom. The molecular weight excluding hydrogens is 227 g/mol. The molecule has 1 amide bonds. The first kappa shape index (κ1) is 11.5. The number of hydrogen-bond acceptors (Lipinski definition) is 3. The zero-order chi connectivity index (χ0) is 12.6. The summed E-state index contributed by atoms with van der Waals surface area (Å²) < 4.78 is 12.9. The lowest BCUT2D eigenvalue weighted by Gasteiger charge is -2.17. The molecule has 0 spiro atoms. The molecule has 1 aromatic carbocycles. The van der Waals surface area contributed by atoms with Crippen LogP contribution >= 0.6 is 0 Å². The van der Waals surface area contributed by atoms with Crippen molar-refractivity contribution in [3.63, 3.8) is 0 Å². The molecule has 17 heavy (non-hydrogen) atoms. The molecule has 2 rings (SSSR count). The predicted octanol–water partition coefficient (Wildman–Crippen LogP) is 1.84. The number of carbonyl (C=O) groups is 1. The van der Waals surface area contributed by atoms with Crippen LogP contribution in [0.2, 0.25) is 0 Å². The molecule has 1 unspecified atom stereocenters. The fourth-order valence-electron chi connectivity index (χ4n) is 1.93. The number of halogens is 1. The van der Waals surface area contributed by atoms with Gasteiger partial charge in [-0.2, -0.15) is 0 Å². The summed E-state index contributed by atoms with van der Waals surface area (Å²) in [4.78, 5) is 23.1. The third-order valence-corrected chi connectivity index (χ3v) is 2.64. The number of fused-ring (bicyclic) bond motifs is 1. The number of anilines is 1. The Morgan fingerprint density at radius 3 is 2.88 bits per heavy atom. The van der Waals surface area contributed by atoms with Crippen LogP contribution in [0, 0.1) is 10.1 Å². The van der Waals surface area contributed by atoms with Crippen molar-refractivity contribution in [1.82, 2.24) is 0 Å². The largest absolute Gasteiger partial charge is 0.309 e. The van der Waals surface area contributed by atoms with E-state index in [1.54, 1.807) is 0 Å². The van der Waals surface area contributed by atoms with Gasteiger partial charge in [0.05, 0.1) is 17.9 Å². The number of alkyl halides is 1. The Labute approximate surface area is 97.0 Å². The van der Waals surface area contributed by atoms with E-state index in [1.165, 1.54) is 30.0 Å². The number of nitro benzene ring substituents is 1. The number of benzene rings is 1. The van der Waals surface area contributed by atoms with Gasteiger partial charge in [-0.3, -0.25) is 14.9 Å². The summed E-state index contributed by atoms with van der Waals surface area (Å²) in [5, 5.41) is 10.6. The van der Waals surface area contributed by atoms with Gasteiger partial charge in [0, 0.05) is 17.8 Å². The van der Waals surface area contributed by atoms with Gasteiger partial charge in [0.2, 0.25) is 5.91 Å². The molecule has 6 heteroatoms. The zero-order valence-corrected chi connectivity index (χ0v) is 9.22. The summed E-state index contributed by atoms with van der Waals surface area (Å²) in [6.45, 7) is 1.36. The van der Waals surface area contributed by atoms with Crippen molar-refractivity contribution in [2.45, 2.75) is 19.5 Å². The van der Waals surface area contributed by atoms with Crippen molar-refractivity contribution in [2.24, 2.45) is 0 Å². The Kier molecular flexibility index (Phi) is 2.79. The lowest BCUT2D eigenvalue weighted by Crippen LogP contribution is -2.31. The number of rotatable bonds is 3. The molecule has 90 valence electrons. The number of carbonyl (C=O) groups excluding carboxylic acids is 1. The molecule has 0 N–H and O–H groups in total. The Balaban J connectivity index is 2.35. The third-order valence-electron chi connectivity index (χ3n) is 2.64.